The molecule has 1 rings (SSSR count). The number of aliphatic hydroxyl groups excluding tert-OH is 1. The van der Waals surface area contributed by atoms with Gasteiger partial charge in [0, 0.05) is 5.56 Å². The number of esters is 1. The number of carbonyl (C=O) groups excluding carboxylic acids is 1. The fourth-order valence-corrected chi connectivity index (χ4v) is 1.37. The predicted molar refractivity (Wildman–Crippen MR) is 66.4 cm³/mol. The van der Waals surface area contributed by atoms with Gasteiger partial charge in [-0.2, -0.15) is 0 Å². The van der Waals surface area contributed by atoms with E-state index in [1.165, 1.54) is 12.1 Å². The maximum Gasteiger partial charge on any atom is 0.339 e. The summed E-state index contributed by atoms with van der Waals surface area (Å²) in [7, 11) is 0. The SMILES string of the molecule is CCOC(=O)C(O)c1cc(F)ccc1OCC.Cl. The molecule has 1 atom stereocenters. The Bertz CT molecular complexity index is 398. The van der Waals surface area contributed by atoms with Gasteiger partial charge in [0.15, 0.2) is 6.10 Å². The Hall–Kier alpha value is -1.33. The van der Waals surface area contributed by atoms with Crippen LogP contribution in [0.25, 0.3) is 0 Å². The molecule has 18 heavy (non-hydrogen) atoms. The Morgan fingerprint density at radius 2 is 2.06 bits per heavy atom. The van der Waals surface area contributed by atoms with Crippen LogP contribution in [0.1, 0.15) is 25.5 Å². The van der Waals surface area contributed by atoms with Gasteiger partial charge in [0.25, 0.3) is 0 Å². The van der Waals surface area contributed by atoms with Gasteiger partial charge in [-0.1, -0.05) is 0 Å². The van der Waals surface area contributed by atoms with Crippen molar-refractivity contribution < 1.29 is 23.8 Å². The lowest BCUT2D eigenvalue weighted by molar-refractivity contribution is -0.153. The summed E-state index contributed by atoms with van der Waals surface area (Å²) in [5, 5.41) is 9.73. The van der Waals surface area contributed by atoms with Gasteiger partial charge in [-0.05, 0) is 32.0 Å². The summed E-state index contributed by atoms with van der Waals surface area (Å²) in [6, 6.07) is 3.63. The number of ether oxygens (including phenoxy) is 2. The summed E-state index contributed by atoms with van der Waals surface area (Å²) in [4.78, 5) is 11.4. The summed E-state index contributed by atoms with van der Waals surface area (Å²) >= 11 is 0. The standard InChI is InChI=1S/C12H15FO4.ClH/c1-3-16-10-6-5-8(13)7-9(10)11(14)12(15)17-4-2;/h5-7,11,14H,3-4H2,1-2H3;1H. The van der Waals surface area contributed by atoms with Crippen molar-refractivity contribution in [2.75, 3.05) is 13.2 Å². The highest BCUT2D eigenvalue weighted by Gasteiger charge is 2.23. The van der Waals surface area contributed by atoms with Crippen molar-refractivity contribution in [1.29, 1.82) is 0 Å². The van der Waals surface area contributed by atoms with E-state index in [0.717, 1.165) is 6.07 Å². The van der Waals surface area contributed by atoms with Crippen molar-refractivity contribution >= 4 is 18.4 Å². The first-order chi connectivity index (χ1) is 8.10. The Balaban J connectivity index is 0.00000289. The number of rotatable bonds is 5. The van der Waals surface area contributed by atoms with Crippen LogP contribution in [-0.4, -0.2) is 24.3 Å². The van der Waals surface area contributed by atoms with Crippen LogP contribution in [-0.2, 0) is 9.53 Å². The van der Waals surface area contributed by atoms with E-state index in [1.807, 2.05) is 0 Å². The van der Waals surface area contributed by atoms with E-state index in [1.54, 1.807) is 13.8 Å². The monoisotopic (exact) mass is 278 g/mol. The molecule has 0 fully saturated rings. The number of aliphatic hydroxyl groups is 1. The number of halogens is 2. The van der Waals surface area contributed by atoms with E-state index in [-0.39, 0.29) is 30.3 Å². The molecule has 0 heterocycles. The minimum absolute atomic E-state index is 0. The average molecular weight is 279 g/mol. The van der Waals surface area contributed by atoms with Crippen molar-refractivity contribution in [3.63, 3.8) is 0 Å². The first-order valence-electron chi connectivity index (χ1n) is 5.37. The number of hydrogen-bond donors (Lipinski definition) is 1. The zero-order chi connectivity index (χ0) is 12.8. The normalized spacial score (nSPS) is 11.3. The highest BCUT2D eigenvalue weighted by atomic mass is 35.5. The van der Waals surface area contributed by atoms with Gasteiger partial charge in [0.1, 0.15) is 11.6 Å². The van der Waals surface area contributed by atoms with Gasteiger partial charge in [0.2, 0.25) is 0 Å². The maximum absolute atomic E-state index is 13.1. The molecule has 0 saturated heterocycles. The lowest BCUT2D eigenvalue weighted by atomic mass is 10.1. The Kier molecular flexibility index (Phi) is 7.31. The minimum Gasteiger partial charge on any atom is -0.493 e. The zero-order valence-corrected chi connectivity index (χ0v) is 11.0. The Morgan fingerprint density at radius 3 is 2.61 bits per heavy atom. The molecule has 0 radical (unpaired) electrons. The van der Waals surface area contributed by atoms with Crippen LogP contribution < -0.4 is 4.74 Å². The quantitative estimate of drug-likeness (QED) is 0.839. The third kappa shape index (κ3) is 4.16. The van der Waals surface area contributed by atoms with E-state index >= 15 is 0 Å². The molecule has 0 amide bonds. The second-order valence-electron chi connectivity index (χ2n) is 3.27. The highest BCUT2D eigenvalue weighted by molar-refractivity contribution is 5.85. The molecule has 0 aromatic heterocycles. The van der Waals surface area contributed by atoms with E-state index in [0.29, 0.717) is 6.61 Å². The third-order valence-electron chi connectivity index (χ3n) is 2.08. The summed E-state index contributed by atoms with van der Waals surface area (Å²) < 4.78 is 22.9. The predicted octanol–water partition coefficient (Wildman–Crippen LogP) is 2.24. The van der Waals surface area contributed by atoms with Crippen molar-refractivity contribution in [2.24, 2.45) is 0 Å². The largest absolute Gasteiger partial charge is 0.493 e. The molecule has 102 valence electrons. The second kappa shape index (κ2) is 7.89. The van der Waals surface area contributed by atoms with Crippen LogP contribution >= 0.6 is 12.4 Å². The van der Waals surface area contributed by atoms with Crippen molar-refractivity contribution in [2.45, 2.75) is 20.0 Å². The van der Waals surface area contributed by atoms with E-state index in [9.17, 15) is 14.3 Å². The summed E-state index contributed by atoms with van der Waals surface area (Å²) in [5.41, 5.74) is 0.0744. The number of benzene rings is 1. The van der Waals surface area contributed by atoms with Crippen molar-refractivity contribution in [1.82, 2.24) is 0 Å². The summed E-state index contributed by atoms with van der Waals surface area (Å²) in [6.45, 7) is 3.88. The van der Waals surface area contributed by atoms with Gasteiger partial charge in [-0.3, -0.25) is 0 Å². The highest BCUT2D eigenvalue weighted by Crippen LogP contribution is 2.27. The minimum atomic E-state index is -1.54. The van der Waals surface area contributed by atoms with Crippen LogP contribution in [0.5, 0.6) is 5.75 Å². The van der Waals surface area contributed by atoms with Crippen molar-refractivity contribution in [3.8, 4) is 5.75 Å². The molecule has 1 unspecified atom stereocenters. The summed E-state index contributed by atoms with van der Waals surface area (Å²) in [5.74, 6) is -1.10. The van der Waals surface area contributed by atoms with Crippen LogP contribution in [0.4, 0.5) is 4.39 Å². The second-order valence-corrected chi connectivity index (χ2v) is 3.27. The van der Waals surface area contributed by atoms with E-state index < -0.39 is 17.9 Å². The van der Waals surface area contributed by atoms with Gasteiger partial charge >= 0.3 is 5.97 Å². The Morgan fingerprint density at radius 1 is 1.39 bits per heavy atom. The third-order valence-corrected chi connectivity index (χ3v) is 2.08. The molecular formula is C12H16ClFO4. The number of hydrogen-bond acceptors (Lipinski definition) is 4. The van der Waals surface area contributed by atoms with Gasteiger partial charge in [-0.15, -0.1) is 12.4 Å². The van der Waals surface area contributed by atoms with Gasteiger partial charge < -0.3 is 14.6 Å². The van der Waals surface area contributed by atoms with Gasteiger partial charge in [-0.25, -0.2) is 9.18 Å². The lowest BCUT2D eigenvalue weighted by Crippen LogP contribution is -2.16. The van der Waals surface area contributed by atoms with Crippen LogP contribution in [0.15, 0.2) is 18.2 Å². The summed E-state index contributed by atoms with van der Waals surface area (Å²) in [6.07, 6.45) is -1.54. The Labute approximate surface area is 111 Å². The molecule has 0 spiro atoms. The first-order valence-corrected chi connectivity index (χ1v) is 5.37. The lowest BCUT2D eigenvalue weighted by Gasteiger charge is -2.14. The van der Waals surface area contributed by atoms with Crippen molar-refractivity contribution in [3.05, 3.63) is 29.6 Å². The van der Waals surface area contributed by atoms with Gasteiger partial charge in [0.05, 0.1) is 13.2 Å². The maximum atomic E-state index is 13.1. The molecular weight excluding hydrogens is 263 g/mol. The smallest absolute Gasteiger partial charge is 0.339 e. The zero-order valence-electron chi connectivity index (χ0n) is 10.2. The molecule has 4 nitrogen and oxygen atoms in total. The molecule has 0 saturated carbocycles. The molecule has 1 N–H and O–H groups in total. The molecule has 0 aliphatic heterocycles. The van der Waals surface area contributed by atoms with Crippen LogP contribution in [0.2, 0.25) is 0 Å². The average Bonchev–Trinajstić information content (AvgIpc) is 2.31. The molecule has 1 aromatic rings. The molecule has 0 bridgehead atoms. The molecule has 6 heteroatoms. The first kappa shape index (κ1) is 16.7. The van der Waals surface area contributed by atoms with Crippen LogP contribution in [0, 0.1) is 5.82 Å². The van der Waals surface area contributed by atoms with E-state index in [4.69, 9.17) is 4.74 Å². The topological polar surface area (TPSA) is 55.8 Å². The fraction of sp³-hybridized carbons (Fsp3) is 0.417. The van der Waals surface area contributed by atoms with E-state index in [2.05, 4.69) is 4.74 Å². The van der Waals surface area contributed by atoms with Crippen LogP contribution in [0.3, 0.4) is 0 Å². The fourth-order valence-electron chi connectivity index (χ4n) is 1.37. The number of carbonyl (C=O) groups is 1. The molecule has 0 aliphatic carbocycles. The molecule has 0 aliphatic rings. The molecule has 1 aromatic carbocycles.